The lowest BCUT2D eigenvalue weighted by molar-refractivity contribution is 0.0280. The van der Waals surface area contributed by atoms with Crippen molar-refractivity contribution in [2.45, 2.75) is 42.5 Å². The number of carbonyl (C=O) groups is 1. The smallest absolute Gasteiger partial charge is 0.252 e. The van der Waals surface area contributed by atoms with Gasteiger partial charge in [-0.1, -0.05) is 15.9 Å². The quantitative estimate of drug-likeness (QED) is 0.510. The molecule has 7 nitrogen and oxygen atoms in total. The number of amides is 1. The zero-order valence-corrected chi connectivity index (χ0v) is 19.1. The third kappa shape index (κ3) is 3.99. The van der Waals surface area contributed by atoms with Gasteiger partial charge in [-0.05, 0) is 49.9 Å². The van der Waals surface area contributed by atoms with Crippen LogP contribution in [-0.4, -0.2) is 31.2 Å². The first-order valence-corrected chi connectivity index (χ1v) is 10.6. The Hall–Kier alpha value is -1.74. The number of pyridine rings is 1. The van der Waals surface area contributed by atoms with E-state index in [0.29, 0.717) is 39.4 Å². The second kappa shape index (κ2) is 7.83. The molecule has 0 radical (unpaired) electrons. The Morgan fingerprint density at radius 3 is 2.48 bits per heavy atom. The second-order valence-corrected chi connectivity index (χ2v) is 10.2. The number of nitrogens with two attached hydrogens (primary N) is 1. The maximum atomic E-state index is 12.0. The first kappa shape index (κ1) is 20.5. The molecule has 4 fully saturated rings. The van der Waals surface area contributed by atoms with Crippen LogP contribution >= 0.6 is 32.9 Å². The highest BCUT2D eigenvalue weighted by Gasteiger charge is 2.54. The molecule has 4 aliphatic rings. The van der Waals surface area contributed by atoms with E-state index in [-0.39, 0.29) is 17.0 Å². The molecule has 0 saturated heterocycles. The van der Waals surface area contributed by atoms with Crippen LogP contribution in [0, 0.1) is 17.8 Å². The molecule has 0 aromatic carbocycles. The Kier molecular flexibility index (Phi) is 5.54. The van der Waals surface area contributed by atoms with Crippen molar-refractivity contribution in [2.24, 2.45) is 23.5 Å². The fraction of sp³-hybridized carbons (Fsp3) is 0.500. The van der Waals surface area contributed by atoms with Gasteiger partial charge in [0.05, 0.1) is 17.4 Å². The first-order valence-electron chi connectivity index (χ1n) is 9.77. The van der Waals surface area contributed by atoms with Gasteiger partial charge in [-0.2, -0.15) is 0 Å². The summed E-state index contributed by atoms with van der Waals surface area (Å²) in [6.45, 7) is 0. The molecule has 154 valence electrons. The molecule has 0 unspecified atom stereocenters. The van der Waals surface area contributed by atoms with Gasteiger partial charge in [0.2, 0.25) is 0 Å². The molecule has 2 aromatic heterocycles. The molecule has 6 rings (SSSR count). The predicted octanol–water partition coefficient (Wildman–Crippen LogP) is 4.05. The molecular weight excluding hydrogens is 500 g/mol. The van der Waals surface area contributed by atoms with E-state index in [1.165, 1.54) is 38.3 Å². The summed E-state index contributed by atoms with van der Waals surface area (Å²) in [7, 11) is 0. The molecule has 4 aliphatic carbocycles. The number of primary amides is 1. The van der Waals surface area contributed by atoms with Crippen LogP contribution in [0.5, 0.6) is 0 Å². The van der Waals surface area contributed by atoms with Gasteiger partial charge in [0.25, 0.3) is 5.91 Å². The number of hydrogen-bond donors (Lipinski definition) is 3. The minimum Gasteiger partial charge on any atom is -0.381 e. The van der Waals surface area contributed by atoms with Crippen molar-refractivity contribution >= 4 is 56.1 Å². The van der Waals surface area contributed by atoms with Gasteiger partial charge in [-0.15, -0.1) is 17.0 Å². The number of halogens is 2. The van der Waals surface area contributed by atoms with Crippen LogP contribution in [0.15, 0.2) is 30.9 Å². The van der Waals surface area contributed by atoms with Gasteiger partial charge >= 0.3 is 0 Å². The highest BCUT2D eigenvalue weighted by molar-refractivity contribution is 9.10. The highest BCUT2D eigenvalue weighted by atomic mass is 79.9. The predicted molar refractivity (Wildman–Crippen MR) is 121 cm³/mol. The molecule has 0 spiro atoms. The first-order chi connectivity index (χ1) is 13.5. The number of nitrogens with one attached hydrogen (secondary N) is 2. The summed E-state index contributed by atoms with van der Waals surface area (Å²) in [5.74, 6) is 2.81. The molecule has 4 N–H and O–H groups in total. The van der Waals surface area contributed by atoms with E-state index in [1.807, 2.05) is 6.07 Å². The van der Waals surface area contributed by atoms with Gasteiger partial charge in [-0.25, -0.2) is 9.97 Å². The van der Waals surface area contributed by atoms with Crippen molar-refractivity contribution in [2.75, 3.05) is 10.6 Å². The van der Waals surface area contributed by atoms with Crippen LogP contribution in [-0.2, 0) is 0 Å². The zero-order chi connectivity index (χ0) is 19.3. The van der Waals surface area contributed by atoms with Crippen molar-refractivity contribution in [1.82, 2.24) is 15.0 Å². The van der Waals surface area contributed by atoms with Crippen LogP contribution in [0.4, 0.5) is 17.3 Å². The third-order valence-electron chi connectivity index (χ3n) is 6.51. The number of carbonyl (C=O) groups excluding carboxylic acids is 1. The Morgan fingerprint density at radius 1 is 1.10 bits per heavy atom. The number of anilines is 3. The summed E-state index contributed by atoms with van der Waals surface area (Å²) in [5, 5.41) is 6.81. The number of hydrogen-bond acceptors (Lipinski definition) is 6. The van der Waals surface area contributed by atoms with Gasteiger partial charge in [0.1, 0.15) is 11.6 Å². The van der Waals surface area contributed by atoms with Gasteiger partial charge in [-0.3, -0.25) is 9.78 Å². The van der Waals surface area contributed by atoms with E-state index < -0.39 is 5.91 Å². The Labute approximate surface area is 188 Å². The minimum atomic E-state index is -0.471. The number of nitrogens with zero attached hydrogens (tertiary/aromatic N) is 3. The fourth-order valence-corrected chi connectivity index (χ4v) is 6.96. The summed E-state index contributed by atoms with van der Waals surface area (Å²) >= 11 is 4.02. The van der Waals surface area contributed by atoms with E-state index in [4.69, 9.17) is 5.73 Å². The number of rotatable bonds is 5. The largest absolute Gasteiger partial charge is 0.381 e. The van der Waals surface area contributed by atoms with Crippen LogP contribution in [0.3, 0.4) is 0 Å². The summed E-state index contributed by atoms with van der Waals surface area (Å²) in [6.07, 6.45) is 12.6. The molecule has 5 atom stereocenters. The van der Waals surface area contributed by atoms with Gasteiger partial charge < -0.3 is 16.4 Å². The van der Waals surface area contributed by atoms with Crippen molar-refractivity contribution in [3.8, 4) is 0 Å². The second-order valence-electron chi connectivity index (χ2n) is 8.49. The van der Waals surface area contributed by atoms with Crippen molar-refractivity contribution in [3.05, 3.63) is 36.4 Å². The molecule has 9 heteroatoms. The van der Waals surface area contributed by atoms with Crippen molar-refractivity contribution in [1.29, 1.82) is 0 Å². The lowest BCUT2D eigenvalue weighted by atomic mass is 9.54. The van der Waals surface area contributed by atoms with E-state index in [0.717, 1.165) is 11.6 Å². The van der Waals surface area contributed by atoms with Crippen LogP contribution < -0.4 is 16.4 Å². The Morgan fingerprint density at radius 2 is 1.86 bits per heavy atom. The van der Waals surface area contributed by atoms with E-state index in [9.17, 15) is 4.79 Å². The lowest BCUT2D eigenvalue weighted by Crippen LogP contribution is -2.56. The standard InChI is InChI=1S/C20H23BrN6O.BrH/c21-20-6-11-3-12(7-20)18(13(4-11)8-20)26-15-5-16(25-9-14(15)19(22)28)27-17-10-23-1-2-24-17;/h1-2,5,9-13,18H,3-4,6-8H2,(H2,22,28)(H2,24,25,26,27);1H/t11-,12+,13-,18-,20+;. The molecule has 2 heterocycles. The fourth-order valence-electron chi connectivity index (χ4n) is 5.67. The summed E-state index contributed by atoms with van der Waals surface area (Å²) in [4.78, 5) is 24.6. The molecule has 4 bridgehead atoms. The van der Waals surface area contributed by atoms with Crippen LogP contribution in [0.2, 0.25) is 0 Å². The van der Waals surface area contributed by atoms with Crippen LogP contribution in [0.25, 0.3) is 0 Å². The minimum absolute atomic E-state index is 0. The highest BCUT2D eigenvalue weighted by Crippen LogP contribution is 2.59. The molecular formula is C20H24Br2N6O. The molecule has 2 aromatic rings. The third-order valence-corrected chi connectivity index (χ3v) is 7.48. The van der Waals surface area contributed by atoms with Crippen molar-refractivity contribution in [3.63, 3.8) is 0 Å². The zero-order valence-electron chi connectivity index (χ0n) is 15.8. The maximum absolute atomic E-state index is 12.0. The van der Waals surface area contributed by atoms with Crippen LogP contribution in [0.1, 0.15) is 42.5 Å². The SMILES string of the molecule is Br.NC(=O)c1cnc(Nc2cnccn2)cc1N[C@H]1[C@@H]2C[C@H]3C[C@H]1C[C@@](Br)(C3)C2. The van der Waals surface area contributed by atoms with Gasteiger partial charge in [0, 0.05) is 35.0 Å². The average molecular weight is 524 g/mol. The molecule has 0 aliphatic heterocycles. The summed E-state index contributed by atoms with van der Waals surface area (Å²) < 4.78 is 0.325. The average Bonchev–Trinajstić information content (AvgIpc) is 2.64. The molecule has 29 heavy (non-hydrogen) atoms. The summed E-state index contributed by atoms with van der Waals surface area (Å²) in [6, 6.07) is 2.22. The van der Waals surface area contributed by atoms with E-state index in [2.05, 4.69) is 41.5 Å². The van der Waals surface area contributed by atoms with E-state index >= 15 is 0 Å². The summed E-state index contributed by atoms with van der Waals surface area (Å²) in [5.41, 5.74) is 6.79. The van der Waals surface area contributed by atoms with Crippen molar-refractivity contribution < 1.29 is 4.79 Å². The number of alkyl halides is 1. The number of aromatic nitrogens is 3. The van der Waals surface area contributed by atoms with Gasteiger partial charge in [0.15, 0.2) is 0 Å². The van der Waals surface area contributed by atoms with E-state index in [1.54, 1.807) is 18.6 Å². The molecule has 4 saturated carbocycles. The lowest BCUT2D eigenvalue weighted by Gasteiger charge is -2.58. The Balaban J connectivity index is 0.00000205. The monoisotopic (exact) mass is 522 g/mol. The Bertz CT molecular complexity index is 895. The normalized spacial score (nSPS) is 31.8. The molecule has 1 amide bonds. The topological polar surface area (TPSA) is 106 Å². The maximum Gasteiger partial charge on any atom is 0.252 e.